The minimum atomic E-state index is -0.261. The SMILES string of the molecule is Cc1cc(C(Cl)c2cccc(C)c2Cl)c(C)cc1Cl. The Bertz CT molecular complexity index is 618. The molecule has 0 N–H and O–H groups in total. The first-order valence-electron chi connectivity index (χ1n) is 6.07. The Morgan fingerprint density at radius 3 is 2.21 bits per heavy atom. The Labute approximate surface area is 129 Å². The van der Waals surface area contributed by atoms with Crippen LogP contribution in [0.2, 0.25) is 10.0 Å². The molecule has 0 saturated carbocycles. The number of rotatable bonds is 2. The lowest BCUT2D eigenvalue weighted by Crippen LogP contribution is -1.99. The van der Waals surface area contributed by atoms with E-state index in [1.54, 1.807) is 0 Å². The fraction of sp³-hybridized carbons (Fsp3) is 0.250. The van der Waals surface area contributed by atoms with Crippen LogP contribution in [0, 0.1) is 20.8 Å². The molecule has 2 rings (SSSR count). The Morgan fingerprint density at radius 1 is 0.842 bits per heavy atom. The molecule has 0 spiro atoms. The minimum Gasteiger partial charge on any atom is -0.113 e. The molecule has 0 amide bonds. The second-order valence-corrected chi connectivity index (χ2v) is 6.02. The van der Waals surface area contributed by atoms with Crippen molar-refractivity contribution in [3.05, 3.63) is 68.2 Å². The fourth-order valence-corrected chi connectivity index (χ4v) is 3.04. The van der Waals surface area contributed by atoms with Gasteiger partial charge in [-0.05, 0) is 54.7 Å². The van der Waals surface area contributed by atoms with Gasteiger partial charge in [-0.2, -0.15) is 0 Å². The maximum atomic E-state index is 6.61. The van der Waals surface area contributed by atoms with E-state index < -0.39 is 0 Å². The van der Waals surface area contributed by atoms with Crippen LogP contribution in [0.15, 0.2) is 30.3 Å². The highest BCUT2D eigenvalue weighted by molar-refractivity contribution is 6.34. The molecule has 0 bridgehead atoms. The second-order valence-electron chi connectivity index (χ2n) is 4.80. The largest absolute Gasteiger partial charge is 0.113 e. The number of halogens is 3. The zero-order valence-electron chi connectivity index (χ0n) is 11.1. The molecule has 1 unspecified atom stereocenters. The van der Waals surface area contributed by atoms with Crippen molar-refractivity contribution >= 4 is 34.8 Å². The summed E-state index contributed by atoms with van der Waals surface area (Å²) in [5, 5.41) is 1.23. The molecule has 0 heterocycles. The normalized spacial score (nSPS) is 12.5. The summed E-state index contributed by atoms with van der Waals surface area (Å²) in [6.45, 7) is 5.97. The Balaban J connectivity index is 2.53. The first kappa shape index (κ1) is 14.7. The van der Waals surface area contributed by atoms with Crippen LogP contribution < -0.4 is 0 Å². The van der Waals surface area contributed by atoms with E-state index in [0.29, 0.717) is 0 Å². The molecular formula is C16H15Cl3. The van der Waals surface area contributed by atoms with Gasteiger partial charge in [0.05, 0.1) is 5.38 Å². The maximum Gasteiger partial charge on any atom is 0.0852 e. The van der Waals surface area contributed by atoms with Crippen LogP contribution in [0.3, 0.4) is 0 Å². The summed E-state index contributed by atoms with van der Waals surface area (Å²) in [7, 11) is 0. The third kappa shape index (κ3) is 2.91. The zero-order chi connectivity index (χ0) is 14.2. The first-order valence-corrected chi connectivity index (χ1v) is 7.26. The Kier molecular flexibility index (Phi) is 4.45. The smallest absolute Gasteiger partial charge is 0.0852 e. The highest BCUT2D eigenvalue weighted by Gasteiger charge is 2.18. The summed E-state index contributed by atoms with van der Waals surface area (Å²) < 4.78 is 0. The van der Waals surface area contributed by atoms with Gasteiger partial charge in [-0.1, -0.05) is 47.5 Å². The van der Waals surface area contributed by atoms with Crippen LogP contribution in [0.25, 0.3) is 0 Å². The summed E-state index contributed by atoms with van der Waals surface area (Å²) in [4.78, 5) is 0. The Morgan fingerprint density at radius 2 is 1.53 bits per heavy atom. The van der Waals surface area contributed by atoms with E-state index in [-0.39, 0.29) is 5.38 Å². The molecule has 19 heavy (non-hydrogen) atoms. The number of hydrogen-bond donors (Lipinski definition) is 0. The molecule has 0 aromatic heterocycles. The summed E-state index contributed by atoms with van der Waals surface area (Å²) in [6, 6.07) is 9.91. The lowest BCUT2D eigenvalue weighted by molar-refractivity contribution is 1.10. The van der Waals surface area contributed by atoms with Gasteiger partial charge >= 0.3 is 0 Å². The van der Waals surface area contributed by atoms with E-state index in [1.165, 1.54) is 0 Å². The molecular weight excluding hydrogens is 299 g/mol. The zero-order valence-corrected chi connectivity index (χ0v) is 13.4. The van der Waals surface area contributed by atoms with Crippen LogP contribution >= 0.6 is 34.8 Å². The van der Waals surface area contributed by atoms with Gasteiger partial charge in [0.15, 0.2) is 0 Å². The van der Waals surface area contributed by atoms with Crippen molar-refractivity contribution < 1.29 is 0 Å². The van der Waals surface area contributed by atoms with Gasteiger partial charge in [0.1, 0.15) is 0 Å². The van der Waals surface area contributed by atoms with Crippen LogP contribution in [0.4, 0.5) is 0 Å². The van der Waals surface area contributed by atoms with Crippen molar-refractivity contribution in [2.24, 2.45) is 0 Å². The van der Waals surface area contributed by atoms with Gasteiger partial charge in [-0.25, -0.2) is 0 Å². The molecule has 0 aliphatic carbocycles. The molecule has 0 nitrogen and oxygen atoms in total. The van der Waals surface area contributed by atoms with Crippen molar-refractivity contribution in [2.45, 2.75) is 26.1 Å². The molecule has 0 aliphatic heterocycles. The molecule has 2 aromatic carbocycles. The van der Waals surface area contributed by atoms with E-state index in [0.717, 1.165) is 37.9 Å². The molecule has 2 aromatic rings. The summed E-state index contributed by atoms with van der Waals surface area (Å²) in [6.07, 6.45) is 0. The topological polar surface area (TPSA) is 0 Å². The van der Waals surface area contributed by atoms with Gasteiger partial charge in [0.2, 0.25) is 0 Å². The average Bonchev–Trinajstić information content (AvgIpc) is 2.36. The first-order chi connectivity index (χ1) is 8.91. The molecule has 0 aliphatic rings. The summed E-state index contributed by atoms with van der Waals surface area (Å²) in [5.41, 5.74) is 5.13. The van der Waals surface area contributed by atoms with Crippen LogP contribution in [0.5, 0.6) is 0 Å². The van der Waals surface area contributed by atoms with Crippen molar-refractivity contribution in [2.75, 3.05) is 0 Å². The standard InChI is InChI=1S/C16H15Cl3/c1-9-5-4-6-12(15(9)18)16(19)13-7-11(3)14(17)8-10(13)2/h4-8,16H,1-3H3. The minimum absolute atomic E-state index is 0.261. The number of aryl methyl sites for hydroxylation is 3. The predicted molar refractivity (Wildman–Crippen MR) is 84.8 cm³/mol. The number of benzene rings is 2. The van der Waals surface area contributed by atoms with Gasteiger partial charge in [-0.15, -0.1) is 11.6 Å². The molecule has 100 valence electrons. The van der Waals surface area contributed by atoms with E-state index in [9.17, 15) is 0 Å². The quantitative estimate of drug-likeness (QED) is 0.575. The molecule has 0 saturated heterocycles. The fourth-order valence-electron chi connectivity index (χ4n) is 2.11. The highest BCUT2D eigenvalue weighted by atomic mass is 35.5. The maximum absolute atomic E-state index is 6.61. The van der Waals surface area contributed by atoms with E-state index in [4.69, 9.17) is 34.8 Å². The predicted octanol–water partition coefficient (Wildman–Crippen LogP) is 6.25. The number of hydrogen-bond acceptors (Lipinski definition) is 0. The summed E-state index contributed by atoms with van der Waals surface area (Å²) in [5.74, 6) is 0. The summed E-state index contributed by atoms with van der Waals surface area (Å²) >= 11 is 19.1. The van der Waals surface area contributed by atoms with Crippen LogP contribution in [-0.2, 0) is 0 Å². The number of alkyl halides is 1. The highest BCUT2D eigenvalue weighted by Crippen LogP contribution is 2.37. The van der Waals surface area contributed by atoms with Crippen LogP contribution in [0.1, 0.15) is 33.2 Å². The van der Waals surface area contributed by atoms with Crippen molar-refractivity contribution in [1.82, 2.24) is 0 Å². The second kappa shape index (κ2) is 5.75. The Hall–Kier alpha value is -0.690. The van der Waals surface area contributed by atoms with Gasteiger partial charge in [-0.3, -0.25) is 0 Å². The lowest BCUT2D eigenvalue weighted by atomic mass is 9.97. The monoisotopic (exact) mass is 312 g/mol. The molecule has 0 fully saturated rings. The van der Waals surface area contributed by atoms with Crippen LogP contribution in [-0.4, -0.2) is 0 Å². The van der Waals surface area contributed by atoms with Gasteiger partial charge < -0.3 is 0 Å². The van der Waals surface area contributed by atoms with Crippen molar-refractivity contribution in [3.8, 4) is 0 Å². The van der Waals surface area contributed by atoms with E-state index in [2.05, 4.69) is 0 Å². The molecule has 3 heteroatoms. The van der Waals surface area contributed by atoms with Crippen molar-refractivity contribution in [1.29, 1.82) is 0 Å². The van der Waals surface area contributed by atoms with Gasteiger partial charge in [0, 0.05) is 10.0 Å². The molecule has 0 radical (unpaired) electrons. The third-order valence-corrected chi connectivity index (χ3v) is 4.71. The van der Waals surface area contributed by atoms with Gasteiger partial charge in [0.25, 0.3) is 0 Å². The third-order valence-electron chi connectivity index (χ3n) is 3.32. The molecule has 1 atom stereocenters. The van der Waals surface area contributed by atoms with E-state index >= 15 is 0 Å². The van der Waals surface area contributed by atoms with Crippen molar-refractivity contribution in [3.63, 3.8) is 0 Å². The average molecular weight is 314 g/mol. The lowest BCUT2D eigenvalue weighted by Gasteiger charge is -2.17. The van der Waals surface area contributed by atoms with E-state index in [1.807, 2.05) is 51.1 Å².